The van der Waals surface area contributed by atoms with Gasteiger partial charge in [-0.25, -0.2) is 0 Å². The number of rotatable bonds is 0. The summed E-state index contributed by atoms with van der Waals surface area (Å²) in [4.78, 5) is 0. The predicted molar refractivity (Wildman–Crippen MR) is 21.6 cm³/mol. The van der Waals surface area contributed by atoms with Crippen LogP contribution in [0.3, 0.4) is 0 Å². The molecule has 0 amide bonds. The summed E-state index contributed by atoms with van der Waals surface area (Å²) in [6.07, 6.45) is 1.27. The molecule has 0 aromatic heterocycles. The van der Waals surface area contributed by atoms with E-state index in [0.717, 1.165) is 0 Å². The van der Waals surface area contributed by atoms with Gasteiger partial charge in [-0.3, -0.25) is 0 Å². The molecule has 1 rings (SSSR count). The van der Waals surface area contributed by atoms with Crippen LogP contribution >= 0.6 is 0 Å². The Bertz CT molecular complexity index is 135. The van der Waals surface area contributed by atoms with Gasteiger partial charge in [-0.05, 0) is 12.8 Å². The average molecular weight is 69.1 g/mol. The van der Waals surface area contributed by atoms with Crippen LogP contribution in [-0.4, -0.2) is 0 Å². The minimum atomic E-state index is -0.340. The van der Waals surface area contributed by atoms with Gasteiger partial charge in [-0.15, -0.1) is 12.3 Å². The van der Waals surface area contributed by atoms with Crippen LogP contribution in [0.1, 0.15) is 16.9 Å². The van der Waals surface area contributed by atoms with Crippen molar-refractivity contribution in [1.82, 2.24) is 0 Å². The Labute approximate surface area is 36.4 Å². The molecule has 26 valence electrons. The monoisotopic (exact) mass is 69.1 g/mol. The maximum Gasteiger partial charge on any atom is 0.124 e. The van der Waals surface area contributed by atoms with E-state index < -0.39 is 0 Å². The second-order valence-electron chi connectivity index (χ2n) is 1.06. The molecule has 0 saturated heterocycles. The number of hydrogen-bond donors (Lipinski definition) is 0. The molecule has 1 aliphatic carbocycles. The Morgan fingerprint density at radius 2 is 3.00 bits per heavy atom. The first kappa shape index (κ1) is 1.01. The van der Waals surface area contributed by atoms with Gasteiger partial charge in [0, 0.05) is 8.66 Å². The van der Waals surface area contributed by atoms with E-state index in [1.807, 2.05) is 6.40 Å². The van der Waals surface area contributed by atoms with Crippen molar-refractivity contribution < 1.29 is 4.11 Å². The number of hydrogen-bond acceptors (Lipinski definition) is 0. The van der Waals surface area contributed by atoms with E-state index in [4.69, 9.17) is 4.11 Å². The first-order chi connectivity index (χ1) is 3.77. The van der Waals surface area contributed by atoms with Gasteiger partial charge in [0.1, 0.15) is 1.37 Å². The summed E-state index contributed by atoms with van der Waals surface area (Å²) >= 11 is 0. The molecule has 1 fully saturated rings. The van der Waals surface area contributed by atoms with Crippen molar-refractivity contribution in [2.45, 2.75) is 12.8 Å². The van der Waals surface area contributed by atoms with Crippen LogP contribution in [0, 0.1) is 18.2 Å². The quantitative estimate of drug-likeness (QED) is 0.373. The van der Waals surface area contributed by atoms with Crippen LogP contribution < -0.4 is 0 Å². The van der Waals surface area contributed by atoms with Gasteiger partial charge in [-0.2, -0.15) is 0 Å². The molecule has 0 bridgehead atoms. The first-order valence-corrected chi connectivity index (χ1v) is 1.54. The predicted octanol–water partition coefficient (Wildman–Crippen LogP) is 1.03. The zero-order valence-electron chi connectivity index (χ0n) is 5.73. The Morgan fingerprint density at radius 3 is 3.20 bits per heavy atom. The van der Waals surface area contributed by atoms with Crippen LogP contribution in [0.5, 0.6) is 0 Å². The highest BCUT2D eigenvalue weighted by Gasteiger charge is 2.16. The molecule has 0 aromatic rings. The summed E-state index contributed by atoms with van der Waals surface area (Å²) < 4.78 is 20.4. The minimum Gasteiger partial charge on any atom is -0.120 e. The largest absolute Gasteiger partial charge is 0.124 e. The molecular formula is C5H6. The lowest BCUT2D eigenvalue weighted by atomic mass is 10.5. The van der Waals surface area contributed by atoms with Gasteiger partial charge < -0.3 is 0 Å². The summed E-state index contributed by atoms with van der Waals surface area (Å²) in [5.74, 6) is 2.33. The molecule has 3 atom stereocenters. The molecule has 0 spiro atoms. The molecule has 5 heavy (non-hydrogen) atoms. The van der Waals surface area contributed by atoms with E-state index in [-0.39, 0.29) is 18.7 Å². The summed E-state index contributed by atoms with van der Waals surface area (Å²) in [5.41, 5.74) is 0. The topological polar surface area (TPSA) is 0 Å². The standard InChI is InChI=1S/C5H6/c1-2-5-3-4-5/h1,5H,3-4H2/i1D,3D,4D/t3-,4+,5?. The fraction of sp³-hybridized carbons (Fsp3) is 0.600. The average Bonchev–Trinajstić information content (AvgIpc) is 2.25. The third-order valence-electron chi connectivity index (χ3n) is 0.552. The molecule has 0 heteroatoms. The van der Waals surface area contributed by atoms with Gasteiger partial charge in [0.05, 0.1) is 0 Å². The van der Waals surface area contributed by atoms with Crippen molar-refractivity contribution in [2.24, 2.45) is 5.92 Å². The fourth-order valence-electron chi connectivity index (χ4n) is 0.152. The molecule has 0 nitrogen and oxygen atoms in total. The van der Waals surface area contributed by atoms with E-state index in [1.54, 1.807) is 0 Å². The summed E-state index contributed by atoms with van der Waals surface area (Å²) in [6.45, 7) is 0. The van der Waals surface area contributed by atoms with Crippen LogP contribution in [0.15, 0.2) is 0 Å². The summed E-state index contributed by atoms with van der Waals surface area (Å²) in [6, 6.07) is 0. The van der Waals surface area contributed by atoms with Crippen LogP contribution in [0.25, 0.3) is 0 Å². The SMILES string of the molecule is [2H]C#CC1[C@@H]([2H])[C@H]1[2H]. The smallest absolute Gasteiger partial charge is 0.120 e. The van der Waals surface area contributed by atoms with Crippen molar-refractivity contribution in [1.29, 1.82) is 0 Å². The van der Waals surface area contributed by atoms with E-state index in [2.05, 4.69) is 5.92 Å². The highest BCUT2D eigenvalue weighted by molar-refractivity contribution is 5.00. The molecule has 0 aromatic carbocycles. The Kier molecular flexibility index (Phi) is 0.153. The van der Waals surface area contributed by atoms with Crippen LogP contribution in [-0.2, 0) is 0 Å². The Hall–Kier alpha value is -0.440. The van der Waals surface area contributed by atoms with Gasteiger partial charge in [0.15, 0.2) is 0 Å². The van der Waals surface area contributed by atoms with Crippen molar-refractivity contribution in [3.8, 4) is 12.3 Å². The molecule has 0 N–H and O–H groups in total. The minimum absolute atomic E-state index is 0.132. The lowest BCUT2D eigenvalue weighted by molar-refractivity contribution is 1.18. The van der Waals surface area contributed by atoms with Crippen molar-refractivity contribution in [3.05, 3.63) is 0 Å². The van der Waals surface area contributed by atoms with E-state index >= 15 is 0 Å². The molecule has 0 radical (unpaired) electrons. The third-order valence-corrected chi connectivity index (χ3v) is 0.552. The molecule has 0 heterocycles. The van der Waals surface area contributed by atoms with Crippen molar-refractivity contribution in [2.75, 3.05) is 0 Å². The summed E-state index contributed by atoms with van der Waals surface area (Å²) in [5, 5.41) is 0. The van der Waals surface area contributed by atoms with E-state index in [9.17, 15) is 0 Å². The van der Waals surface area contributed by atoms with Gasteiger partial charge in [0.2, 0.25) is 0 Å². The normalized spacial score (nSPS) is 68.8. The maximum absolute atomic E-state index is 6.99. The fourth-order valence-corrected chi connectivity index (χ4v) is 0.152. The van der Waals surface area contributed by atoms with E-state index in [1.165, 1.54) is 0 Å². The highest BCUT2D eigenvalue weighted by atomic mass is 14.2. The van der Waals surface area contributed by atoms with Gasteiger partial charge in [0.25, 0.3) is 0 Å². The Balaban J connectivity index is 2.41. The van der Waals surface area contributed by atoms with E-state index in [0.29, 0.717) is 0 Å². The lowest BCUT2D eigenvalue weighted by Gasteiger charge is -1.57. The summed E-state index contributed by atoms with van der Waals surface area (Å²) in [7, 11) is 0. The molecule has 1 aliphatic rings. The zero-order valence-corrected chi connectivity index (χ0v) is 2.73. The highest BCUT2D eigenvalue weighted by Crippen LogP contribution is 2.26. The first-order valence-electron chi connectivity index (χ1n) is 3.19. The van der Waals surface area contributed by atoms with Crippen molar-refractivity contribution >= 4 is 0 Å². The van der Waals surface area contributed by atoms with Crippen LogP contribution in [0.4, 0.5) is 0 Å². The third kappa shape index (κ3) is 0.417. The molecule has 1 saturated carbocycles. The molecule has 1 unspecified atom stereocenters. The van der Waals surface area contributed by atoms with Gasteiger partial charge in [-0.1, -0.05) is 0 Å². The molecular weight excluding hydrogens is 60.1 g/mol. The zero-order chi connectivity index (χ0) is 6.15. The second-order valence-corrected chi connectivity index (χ2v) is 1.06. The van der Waals surface area contributed by atoms with Gasteiger partial charge >= 0.3 is 0 Å². The second kappa shape index (κ2) is 0.755. The van der Waals surface area contributed by atoms with Crippen LogP contribution in [0.2, 0.25) is 0 Å². The lowest BCUT2D eigenvalue weighted by Crippen LogP contribution is -1.52. The maximum atomic E-state index is 6.99. The van der Waals surface area contributed by atoms with Crippen molar-refractivity contribution in [3.63, 3.8) is 0 Å². The Morgan fingerprint density at radius 1 is 2.20 bits per heavy atom. The molecule has 0 aliphatic heterocycles. The number of terminal acetylenes is 1.